The van der Waals surface area contributed by atoms with Crippen LogP contribution in [0.5, 0.6) is 11.5 Å². The molecule has 4 aromatic carbocycles. The number of aliphatic imine (C=N–C) groups is 1. The van der Waals surface area contributed by atoms with Gasteiger partial charge in [0, 0.05) is 5.56 Å². The van der Waals surface area contributed by atoms with Gasteiger partial charge in [-0.05, 0) is 46.2 Å². The quantitative estimate of drug-likeness (QED) is 0.285. The molecule has 0 amide bonds. The predicted molar refractivity (Wildman–Crippen MR) is 128 cm³/mol. The molecule has 1 heterocycles. The van der Waals surface area contributed by atoms with Crippen molar-refractivity contribution in [1.29, 1.82) is 0 Å². The zero-order valence-electron chi connectivity index (χ0n) is 18.0. The average Bonchev–Trinajstić information content (AvgIpc) is 3.22. The number of esters is 1. The molecule has 0 spiro atoms. The van der Waals surface area contributed by atoms with Crippen molar-refractivity contribution in [3.05, 3.63) is 113 Å². The van der Waals surface area contributed by atoms with E-state index in [1.807, 2.05) is 91.0 Å². The van der Waals surface area contributed by atoms with Crippen LogP contribution in [0.2, 0.25) is 0 Å². The lowest BCUT2D eigenvalue weighted by atomic mass is 10.0. The van der Waals surface area contributed by atoms with Crippen LogP contribution in [0.4, 0.5) is 0 Å². The van der Waals surface area contributed by atoms with Gasteiger partial charge in [-0.3, -0.25) is 0 Å². The molecule has 0 saturated carbocycles. The summed E-state index contributed by atoms with van der Waals surface area (Å²) in [4.78, 5) is 17.0. The first-order valence-corrected chi connectivity index (χ1v) is 10.6. The SMILES string of the molecule is COc1ccc(/C=C2/N=C(c3cccc4ccccc34)OC2=O)cc1OCc1ccccc1. The number of cyclic esters (lactones) is 1. The van der Waals surface area contributed by atoms with Gasteiger partial charge in [0.15, 0.2) is 17.2 Å². The third-order valence-electron chi connectivity index (χ3n) is 5.37. The molecule has 0 saturated heterocycles. The molecule has 0 aromatic heterocycles. The molecule has 0 atom stereocenters. The molecular weight excluding hydrogens is 414 g/mol. The summed E-state index contributed by atoms with van der Waals surface area (Å²) < 4.78 is 16.9. The minimum absolute atomic E-state index is 0.233. The molecule has 33 heavy (non-hydrogen) atoms. The van der Waals surface area contributed by atoms with Crippen LogP contribution in [0.1, 0.15) is 16.7 Å². The largest absolute Gasteiger partial charge is 0.493 e. The molecule has 5 heteroatoms. The van der Waals surface area contributed by atoms with E-state index in [-0.39, 0.29) is 5.70 Å². The first-order valence-electron chi connectivity index (χ1n) is 10.6. The highest BCUT2D eigenvalue weighted by molar-refractivity contribution is 6.17. The number of fused-ring (bicyclic) bond motifs is 1. The highest BCUT2D eigenvalue weighted by Gasteiger charge is 2.25. The minimum Gasteiger partial charge on any atom is -0.493 e. The van der Waals surface area contributed by atoms with Crippen molar-refractivity contribution < 1.29 is 19.0 Å². The Labute approximate surface area is 191 Å². The second kappa shape index (κ2) is 9.01. The summed E-state index contributed by atoms with van der Waals surface area (Å²) in [5, 5.41) is 2.04. The Kier molecular flexibility index (Phi) is 5.60. The number of carbonyl (C=O) groups is 1. The highest BCUT2D eigenvalue weighted by atomic mass is 16.6. The van der Waals surface area contributed by atoms with Crippen molar-refractivity contribution in [3.8, 4) is 11.5 Å². The van der Waals surface area contributed by atoms with Gasteiger partial charge in [0.25, 0.3) is 0 Å². The molecule has 162 valence electrons. The third kappa shape index (κ3) is 4.34. The van der Waals surface area contributed by atoms with Crippen LogP contribution >= 0.6 is 0 Å². The lowest BCUT2D eigenvalue weighted by Gasteiger charge is -2.11. The second-order valence-corrected chi connectivity index (χ2v) is 7.55. The van der Waals surface area contributed by atoms with E-state index >= 15 is 0 Å². The van der Waals surface area contributed by atoms with Crippen molar-refractivity contribution in [2.24, 2.45) is 4.99 Å². The van der Waals surface area contributed by atoms with Crippen LogP contribution in [-0.4, -0.2) is 19.0 Å². The molecular formula is C28H21NO4. The Morgan fingerprint density at radius 2 is 1.67 bits per heavy atom. The lowest BCUT2D eigenvalue weighted by Crippen LogP contribution is -2.05. The van der Waals surface area contributed by atoms with E-state index in [1.54, 1.807) is 13.2 Å². The molecule has 5 rings (SSSR count). The van der Waals surface area contributed by atoms with Gasteiger partial charge in [0.1, 0.15) is 6.61 Å². The van der Waals surface area contributed by atoms with Crippen molar-refractivity contribution >= 4 is 28.7 Å². The smallest absolute Gasteiger partial charge is 0.363 e. The number of methoxy groups -OCH3 is 1. The van der Waals surface area contributed by atoms with Crippen molar-refractivity contribution in [1.82, 2.24) is 0 Å². The Balaban J connectivity index is 1.44. The Morgan fingerprint density at radius 1 is 0.879 bits per heavy atom. The third-order valence-corrected chi connectivity index (χ3v) is 5.37. The van der Waals surface area contributed by atoms with Crippen LogP contribution in [0.3, 0.4) is 0 Å². The summed E-state index contributed by atoms with van der Waals surface area (Å²) >= 11 is 0. The zero-order chi connectivity index (χ0) is 22.6. The van der Waals surface area contributed by atoms with Gasteiger partial charge in [-0.25, -0.2) is 9.79 Å². The first kappa shape index (κ1) is 20.5. The maximum Gasteiger partial charge on any atom is 0.363 e. The van der Waals surface area contributed by atoms with Gasteiger partial charge >= 0.3 is 5.97 Å². The summed E-state index contributed by atoms with van der Waals surface area (Å²) in [6, 6.07) is 29.1. The van der Waals surface area contributed by atoms with Gasteiger partial charge in [-0.2, -0.15) is 0 Å². The van der Waals surface area contributed by atoms with Gasteiger partial charge in [0.2, 0.25) is 5.90 Å². The molecule has 1 aliphatic rings. The number of benzene rings is 4. The fraction of sp³-hybridized carbons (Fsp3) is 0.0714. The number of nitrogens with zero attached hydrogens (tertiary/aromatic N) is 1. The van der Waals surface area contributed by atoms with E-state index in [2.05, 4.69) is 4.99 Å². The summed E-state index contributed by atoms with van der Waals surface area (Å²) in [7, 11) is 1.60. The van der Waals surface area contributed by atoms with Crippen LogP contribution in [0.25, 0.3) is 16.8 Å². The summed E-state index contributed by atoms with van der Waals surface area (Å²) in [6.07, 6.45) is 1.69. The second-order valence-electron chi connectivity index (χ2n) is 7.55. The van der Waals surface area contributed by atoms with E-state index in [0.29, 0.717) is 24.0 Å². The van der Waals surface area contributed by atoms with Crippen molar-refractivity contribution in [2.45, 2.75) is 6.61 Å². The number of rotatable bonds is 6. The zero-order valence-corrected chi connectivity index (χ0v) is 18.0. The molecule has 0 fully saturated rings. The molecule has 0 radical (unpaired) electrons. The van der Waals surface area contributed by atoms with E-state index in [9.17, 15) is 4.79 Å². The fourth-order valence-corrected chi connectivity index (χ4v) is 3.73. The standard InChI is InChI=1S/C28H21NO4/c1-31-25-15-14-20(17-26(25)32-18-19-8-3-2-4-9-19)16-24-28(30)33-27(29-24)23-13-7-11-21-10-5-6-12-22(21)23/h2-17H,18H2,1H3/b24-16+. The van der Waals surface area contributed by atoms with Gasteiger partial charge < -0.3 is 14.2 Å². The molecule has 5 nitrogen and oxygen atoms in total. The number of hydrogen-bond donors (Lipinski definition) is 0. The monoisotopic (exact) mass is 435 g/mol. The topological polar surface area (TPSA) is 57.1 Å². The summed E-state index contributed by atoms with van der Waals surface area (Å²) in [5.74, 6) is 1.01. The van der Waals surface area contributed by atoms with E-state index in [0.717, 1.165) is 27.5 Å². The lowest BCUT2D eigenvalue weighted by molar-refractivity contribution is -0.129. The van der Waals surface area contributed by atoms with E-state index < -0.39 is 5.97 Å². The molecule has 0 aliphatic carbocycles. The van der Waals surface area contributed by atoms with Crippen LogP contribution in [-0.2, 0) is 16.1 Å². The minimum atomic E-state index is -0.486. The number of carbonyl (C=O) groups excluding carboxylic acids is 1. The Morgan fingerprint density at radius 3 is 2.52 bits per heavy atom. The Hall–Kier alpha value is -4.38. The predicted octanol–water partition coefficient (Wildman–Crippen LogP) is 5.77. The van der Waals surface area contributed by atoms with E-state index in [1.165, 1.54) is 0 Å². The fourth-order valence-electron chi connectivity index (χ4n) is 3.73. The molecule has 4 aromatic rings. The van der Waals surface area contributed by atoms with Gasteiger partial charge in [0.05, 0.1) is 7.11 Å². The van der Waals surface area contributed by atoms with Gasteiger partial charge in [-0.1, -0.05) is 72.8 Å². The maximum atomic E-state index is 12.6. The maximum absolute atomic E-state index is 12.6. The molecule has 0 unspecified atom stereocenters. The Bertz CT molecular complexity index is 1380. The summed E-state index contributed by atoms with van der Waals surface area (Å²) in [5.41, 5.74) is 2.82. The molecule has 0 N–H and O–H groups in total. The van der Waals surface area contributed by atoms with Crippen LogP contribution in [0, 0.1) is 0 Å². The van der Waals surface area contributed by atoms with Crippen molar-refractivity contribution in [3.63, 3.8) is 0 Å². The average molecular weight is 435 g/mol. The highest BCUT2D eigenvalue weighted by Crippen LogP contribution is 2.31. The molecule has 1 aliphatic heterocycles. The van der Waals surface area contributed by atoms with Crippen LogP contribution in [0.15, 0.2) is 102 Å². The summed E-state index contributed by atoms with van der Waals surface area (Å²) in [6.45, 7) is 0.405. The number of hydrogen-bond acceptors (Lipinski definition) is 5. The number of ether oxygens (including phenoxy) is 3. The normalized spacial score (nSPS) is 14.3. The van der Waals surface area contributed by atoms with Crippen LogP contribution < -0.4 is 9.47 Å². The van der Waals surface area contributed by atoms with E-state index in [4.69, 9.17) is 14.2 Å². The van der Waals surface area contributed by atoms with Gasteiger partial charge in [-0.15, -0.1) is 0 Å². The molecule has 0 bridgehead atoms. The van der Waals surface area contributed by atoms with Crippen molar-refractivity contribution in [2.75, 3.05) is 7.11 Å². The first-order chi connectivity index (χ1) is 16.2.